The average Bonchev–Trinajstić information content (AvgIpc) is 2.69. The van der Waals surface area contributed by atoms with Gasteiger partial charge < -0.3 is 14.8 Å². The molecule has 0 saturated carbocycles. The van der Waals surface area contributed by atoms with E-state index in [4.69, 9.17) is 9.47 Å². The molecule has 1 saturated heterocycles. The molecule has 0 bridgehead atoms. The number of rotatable bonds is 7. The molecule has 1 aliphatic rings. The second-order valence-corrected chi connectivity index (χ2v) is 6.59. The number of carbonyl (C=O) groups excluding carboxylic acids is 1. The summed E-state index contributed by atoms with van der Waals surface area (Å²) in [5.74, 6) is -0.0800. The van der Waals surface area contributed by atoms with E-state index >= 15 is 0 Å². The van der Waals surface area contributed by atoms with Crippen molar-refractivity contribution in [2.45, 2.75) is 26.1 Å². The summed E-state index contributed by atoms with van der Waals surface area (Å²) >= 11 is 0. The summed E-state index contributed by atoms with van der Waals surface area (Å²) < 4.78 is 23.9. The standard InChI is InChI=1S/C21H25FN2O3/c1-16(27-20-8-6-19(22)7-9-20)21(25)23-14-17-4-2-3-5-18(17)15-24-10-12-26-13-11-24/h2-9,16H,10-15H2,1H3,(H,23,25). The summed E-state index contributed by atoms with van der Waals surface area (Å²) in [6, 6.07) is 13.7. The predicted molar refractivity (Wildman–Crippen MR) is 101 cm³/mol. The Hall–Kier alpha value is -2.44. The predicted octanol–water partition coefficient (Wildman–Crippen LogP) is 2.74. The monoisotopic (exact) mass is 372 g/mol. The fourth-order valence-corrected chi connectivity index (χ4v) is 2.98. The van der Waals surface area contributed by atoms with Crippen molar-refractivity contribution in [3.05, 3.63) is 65.5 Å². The van der Waals surface area contributed by atoms with Gasteiger partial charge in [-0.15, -0.1) is 0 Å². The SMILES string of the molecule is CC(Oc1ccc(F)cc1)C(=O)NCc1ccccc1CN1CCOCC1. The number of halogens is 1. The number of nitrogens with zero attached hydrogens (tertiary/aromatic N) is 1. The lowest BCUT2D eigenvalue weighted by molar-refractivity contribution is -0.127. The topological polar surface area (TPSA) is 50.8 Å². The first kappa shape index (κ1) is 19.3. The first-order valence-electron chi connectivity index (χ1n) is 9.18. The van der Waals surface area contributed by atoms with Crippen molar-refractivity contribution in [1.82, 2.24) is 10.2 Å². The molecule has 6 heteroatoms. The average molecular weight is 372 g/mol. The second kappa shape index (κ2) is 9.48. The minimum atomic E-state index is -0.665. The Balaban J connectivity index is 1.54. The third-order valence-corrected chi connectivity index (χ3v) is 4.56. The van der Waals surface area contributed by atoms with Gasteiger partial charge in [0.1, 0.15) is 11.6 Å². The Morgan fingerprint density at radius 2 is 1.81 bits per heavy atom. The van der Waals surface area contributed by atoms with Gasteiger partial charge in [0.2, 0.25) is 0 Å². The van der Waals surface area contributed by atoms with Gasteiger partial charge in [0.15, 0.2) is 6.10 Å². The molecule has 0 spiro atoms. The van der Waals surface area contributed by atoms with E-state index in [0.717, 1.165) is 38.4 Å². The summed E-state index contributed by atoms with van der Waals surface area (Å²) in [6.45, 7) is 6.33. The normalized spacial score (nSPS) is 15.9. The molecule has 1 atom stereocenters. The van der Waals surface area contributed by atoms with Crippen LogP contribution in [0.3, 0.4) is 0 Å². The summed E-state index contributed by atoms with van der Waals surface area (Å²) in [5, 5.41) is 2.93. The molecule has 27 heavy (non-hydrogen) atoms. The van der Waals surface area contributed by atoms with Crippen LogP contribution in [0.1, 0.15) is 18.1 Å². The molecule has 1 fully saturated rings. The lowest BCUT2D eigenvalue weighted by Gasteiger charge is -2.27. The first-order chi connectivity index (χ1) is 13.1. The van der Waals surface area contributed by atoms with Crippen molar-refractivity contribution >= 4 is 5.91 Å². The van der Waals surface area contributed by atoms with Gasteiger partial charge in [0.25, 0.3) is 5.91 Å². The number of carbonyl (C=O) groups is 1. The minimum absolute atomic E-state index is 0.208. The molecule has 2 aromatic rings. The molecule has 0 aliphatic carbocycles. The van der Waals surface area contributed by atoms with Gasteiger partial charge in [-0.25, -0.2) is 4.39 Å². The molecule has 2 aromatic carbocycles. The summed E-state index contributed by atoms with van der Waals surface area (Å²) in [4.78, 5) is 14.7. The van der Waals surface area contributed by atoms with E-state index in [2.05, 4.69) is 16.3 Å². The zero-order valence-electron chi connectivity index (χ0n) is 15.5. The largest absolute Gasteiger partial charge is 0.481 e. The molecular weight excluding hydrogens is 347 g/mol. The smallest absolute Gasteiger partial charge is 0.261 e. The number of amides is 1. The highest BCUT2D eigenvalue weighted by molar-refractivity contribution is 5.80. The van der Waals surface area contributed by atoms with Crippen molar-refractivity contribution in [2.24, 2.45) is 0 Å². The number of hydrogen-bond donors (Lipinski definition) is 1. The van der Waals surface area contributed by atoms with E-state index in [9.17, 15) is 9.18 Å². The Labute approximate surface area is 159 Å². The van der Waals surface area contributed by atoms with Crippen molar-refractivity contribution in [1.29, 1.82) is 0 Å². The number of hydrogen-bond acceptors (Lipinski definition) is 4. The van der Waals surface area contributed by atoms with Gasteiger partial charge in [0.05, 0.1) is 13.2 Å². The van der Waals surface area contributed by atoms with E-state index in [0.29, 0.717) is 12.3 Å². The van der Waals surface area contributed by atoms with Crippen LogP contribution in [0, 0.1) is 5.82 Å². The molecule has 1 N–H and O–H groups in total. The zero-order chi connectivity index (χ0) is 19.1. The molecule has 3 rings (SSSR count). The molecule has 0 aromatic heterocycles. The number of nitrogens with one attached hydrogen (secondary N) is 1. The molecular formula is C21H25FN2O3. The number of benzene rings is 2. The van der Waals surface area contributed by atoms with Crippen molar-refractivity contribution in [2.75, 3.05) is 26.3 Å². The van der Waals surface area contributed by atoms with E-state index in [1.807, 2.05) is 18.2 Å². The Kier molecular flexibility index (Phi) is 6.79. The van der Waals surface area contributed by atoms with E-state index in [1.54, 1.807) is 6.92 Å². The fourth-order valence-electron chi connectivity index (χ4n) is 2.98. The van der Waals surface area contributed by atoms with Crippen LogP contribution in [0.2, 0.25) is 0 Å². The lowest BCUT2D eigenvalue weighted by Crippen LogP contribution is -2.37. The van der Waals surface area contributed by atoms with Crippen LogP contribution >= 0.6 is 0 Å². The molecule has 1 unspecified atom stereocenters. The van der Waals surface area contributed by atoms with Crippen LogP contribution in [-0.4, -0.2) is 43.2 Å². The minimum Gasteiger partial charge on any atom is -0.481 e. The zero-order valence-corrected chi connectivity index (χ0v) is 15.5. The highest BCUT2D eigenvalue weighted by Crippen LogP contribution is 2.15. The van der Waals surface area contributed by atoms with E-state index in [1.165, 1.54) is 29.8 Å². The lowest BCUT2D eigenvalue weighted by atomic mass is 10.1. The number of morpholine rings is 1. The maximum Gasteiger partial charge on any atom is 0.261 e. The molecule has 5 nitrogen and oxygen atoms in total. The Bertz CT molecular complexity index is 745. The Morgan fingerprint density at radius 3 is 2.52 bits per heavy atom. The highest BCUT2D eigenvalue weighted by atomic mass is 19.1. The van der Waals surface area contributed by atoms with Crippen molar-refractivity contribution < 1.29 is 18.7 Å². The summed E-state index contributed by atoms with van der Waals surface area (Å²) in [5.41, 5.74) is 2.29. The van der Waals surface area contributed by atoms with Crippen LogP contribution in [-0.2, 0) is 22.6 Å². The summed E-state index contributed by atoms with van der Waals surface area (Å²) in [6.07, 6.45) is -0.665. The molecule has 1 heterocycles. The van der Waals surface area contributed by atoms with Gasteiger partial charge in [0, 0.05) is 26.2 Å². The van der Waals surface area contributed by atoms with Crippen LogP contribution in [0.4, 0.5) is 4.39 Å². The Morgan fingerprint density at radius 1 is 1.15 bits per heavy atom. The van der Waals surface area contributed by atoms with Crippen LogP contribution in [0.15, 0.2) is 48.5 Å². The third-order valence-electron chi connectivity index (χ3n) is 4.56. The third kappa shape index (κ3) is 5.77. The molecule has 144 valence electrons. The fraction of sp³-hybridized carbons (Fsp3) is 0.381. The van der Waals surface area contributed by atoms with Crippen LogP contribution in [0.5, 0.6) is 5.75 Å². The van der Waals surface area contributed by atoms with Crippen LogP contribution in [0.25, 0.3) is 0 Å². The summed E-state index contributed by atoms with van der Waals surface area (Å²) in [7, 11) is 0. The van der Waals surface area contributed by atoms with Crippen molar-refractivity contribution in [3.63, 3.8) is 0 Å². The maximum absolute atomic E-state index is 13.0. The van der Waals surface area contributed by atoms with E-state index in [-0.39, 0.29) is 11.7 Å². The second-order valence-electron chi connectivity index (χ2n) is 6.59. The maximum atomic E-state index is 13.0. The quantitative estimate of drug-likeness (QED) is 0.812. The van der Waals surface area contributed by atoms with Gasteiger partial charge in [-0.05, 0) is 42.3 Å². The highest BCUT2D eigenvalue weighted by Gasteiger charge is 2.16. The first-order valence-corrected chi connectivity index (χ1v) is 9.18. The van der Waals surface area contributed by atoms with Crippen LogP contribution < -0.4 is 10.1 Å². The van der Waals surface area contributed by atoms with Crippen molar-refractivity contribution in [3.8, 4) is 5.75 Å². The molecule has 0 radical (unpaired) electrons. The van der Waals surface area contributed by atoms with Gasteiger partial charge in [-0.3, -0.25) is 9.69 Å². The van der Waals surface area contributed by atoms with Gasteiger partial charge in [-0.2, -0.15) is 0 Å². The molecule has 1 aliphatic heterocycles. The van der Waals surface area contributed by atoms with E-state index < -0.39 is 6.10 Å². The number of ether oxygens (including phenoxy) is 2. The molecule has 1 amide bonds. The van der Waals surface area contributed by atoms with Gasteiger partial charge >= 0.3 is 0 Å². The van der Waals surface area contributed by atoms with Gasteiger partial charge in [-0.1, -0.05) is 24.3 Å².